The van der Waals surface area contributed by atoms with Crippen LogP contribution in [0.4, 0.5) is 10.1 Å². The van der Waals surface area contributed by atoms with Crippen molar-refractivity contribution in [2.75, 3.05) is 12.4 Å². The fourth-order valence-corrected chi connectivity index (χ4v) is 1.38. The molecule has 5 heteroatoms. The topological polar surface area (TPSA) is 47.0 Å². The maximum absolute atomic E-state index is 12.8. The lowest BCUT2D eigenvalue weighted by Crippen LogP contribution is -2.02. The zero-order valence-corrected chi connectivity index (χ0v) is 9.35. The molecule has 0 amide bonds. The van der Waals surface area contributed by atoms with Crippen molar-refractivity contribution in [1.82, 2.24) is 9.97 Å². The molecule has 4 nitrogen and oxygen atoms in total. The first-order valence-corrected chi connectivity index (χ1v) is 5.15. The molecule has 17 heavy (non-hydrogen) atoms. The smallest absolute Gasteiger partial charge is 0.213 e. The summed E-state index contributed by atoms with van der Waals surface area (Å²) in [5.41, 5.74) is 1.37. The monoisotopic (exact) mass is 233 g/mol. The molecule has 1 N–H and O–H groups in total. The minimum Gasteiger partial charge on any atom is -0.483 e. The molecule has 2 heterocycles. The largest absolute Gasteiger partial charge is 0.483 e. The van der Waals surface area contributed by atoms with Crippen LogP contribution < -0.4 is 10.1 Å². The Hall–Kier alpha value is -2.17. The molecule has 0 saturated heterocycles. The lowest BCUT2D eigenvalue weighted by Gasteiger charge is -2.09. The van der Waals surface area contributed by atoms with Gasteiger partial charge in [0.2, 0.25) is 5.95 Å². The van der Waals surface area contributed by atoms with E-state index in [0.29, 0.717) is 11.4 Å². The maximum atomic E-state index is 12.8. The fourth-order valence-electron chi connectivity index (χ4n) is 1.38. The number of hydrogen-bond acceptors (Lipinski definition) is 4. The summed E-state index contributed by atoms with van der Waals surface area (Å²) >= 11 is 0. The minimum atomic E-state index is -0.508. The van der Waals surface area contributed by atoms with E-state index < -0.39 is 5.95 Å². The van der Waals surface area contributed by atoms with Crippen molar-refractivity contribution in [2.45, 2.75) is 6.61 Å². The van der Waals surface area contributed by atoms with E-state index in [-0.39, 0.29) is 6.61 Å². The number of hydrogen-bond donors (Lipinski definition) is 1. The quantitative estimate of drug-likeness (QED) is 0.823. The Balaban J connectivity index is 2.07. The SMILES string of the molecule is CNc1ccncc1OCc1cccc(F)n1. The Bertz CT molecular complexity index is 505. The molecule has 0 bridgehead atoms. The third kappa shape index (κ3) is 2.90. The van der Waals surface area contributed by atoms with Crippen LogP contribution in [0.5, 0.6) is 5.75 Å². The van der Waals surface area contributed by atoms with Gasteiger partial charge in [-0.15, -0.1) is 0 Å². The van der Waals surface area contributed by atoms with Gasteiger partial charge >= 0.3 is 0 Å². The van der Waals surface area contributed by atoms with E-state index in [4.69, 9.17) is 4.74 Å². The van der Waals surface area contributed by atoms with Crippen molar-refractivity contribution in [2.24, 2.45) is 0 Å². The van der Waals surface area contributed by atoms with Gasteiger partial charge in [-0.05, 0) is 18.2 Å². The van der Waals surface area contributed by atoms with Crippen molar-refractivity contribution in [3.8, 4) is 5.75 Å². The molecule has 0 fully saturated rings. The minimum absolute atomic E-state index is 0.206. The predicted octanol–water partition coefficient (Wildman–Crippen LogP) is 2.24. The first-order chi connectivity index (χ1) is 8.29. The maximum Gasteiger partial charge on any atom is 0.213 e. The Kier molecular flexibility index (Phi) is 3.49. The first-order valence-electron chi connectivity index (χ1n) is 5.15. The van der Waals surface area contributed by atoms with Crippen LogP contribution >= 0.6 is 0 Å². The predicted molar refractivity (Wildman–Crippen MR) is 62.3 cm³/mol. The van der Waals surface area contributed by atoms with Crippen molar-refractivity contribution < 1.29 is 9.13 Å². The molecular formula is C12H12FN3O. The van der Waals surface area contributed by atoms with Crippen molar-refractivity contribution >= 4 is 5.69 Å². The van der Waals surface area contributed by atoms with Gasteiger partial charge in [-0.3, -0.25) is 4.98 Å². The number of pyridine rings is 2. The lowest BCUT2D eigenvalue weighted by atomic mass is 10.3. The number of ether oxygens (including phenoxy) is 1. The summed E-state index contributed by atoms with van der Waals surface area (Å²) in [4.78, 5) is 7.67. The van der Waals surface area contributed by atoms with Gasteiger partial charge in [-0.1, -0.05) is 6.07 Å². The van der Waals surface area contributed by atoms with E-state index in [1.54, 1.807) is 37.6 Å². The zero-order valence-electron chi connectivity index (χ0n) is 9.35. The Morgan fingerprint density at radius 2 is 2.24 bits per heavy atom. The summed E-state index contributed by atoms with van der Waals surface area (Å²) in [6.45, 7) is 0.206. The standard InChI is InChI=1S/C12H12FN3O/c1-14-10-5-6-15-7-11(10)17-8-9-3-2-4-12(13)16-9/h2-7H,8H2,1H3,(H,14,15). The van der Waals surface area contributed by atoms with Crippen molar-refractivity contribution in [3.63, 3.8) is 0 Å². The fraction of sp³-hybridized carbons (Fsp3) is 0.167. The normalized spacial score (nSPS) is 10.0. The van der Waals surface area contributed by atoms with Gasteiger partial charge in [0.25, 0.3) is 0 Å². The molecule has 0 spiro atoms. The van der Waals surface area contributed by atoms with Crippen LogP contribution in [0, 0.1) is 5.95 Å². The highest BCUT2D eigenvalue weighted by atomic mass is 19.1. The molecule has 2 rings (SSSR count). The molecule has 0 aliphatic carbocycles. The molecule has 0 aromatic carbocycles. The lowest BCUT2D eigenvalue weighted by molar-refractivity contribution is 0.299. The van der Waals surface area contributed by atoms with Crippen LogP contribution in [0.2, 0.25) is 0 Å². The van der Waals surface area contributed by atoms with Gasteiger partial charge < -0.3 is 10.1 Å². The average Bonchev–Trinajstić information content (AvgIpc) is 2.37. The number of halogens is 1. The molecule has 2 aromatic rings. The second kappa shape index (κ2) is 5.25. The molecule has 0 aliphatic heterocycles. The Morgan fingerprint density at radius 1 is 1.35 bits per heavy atom. The number of rotatable bonds is 4. The number of anilines is 1. The molecular weight excluding hydrogens is 221 g/mol. The molecule has 0 atom stereocenters. The summed E-state index contributed by atoms with van der Waals surface area (Å²) in [7, 11) is 1.79. The summed E-state index contributed by atoms with van der Waals surface area (Å²) in [5.74, 6) is 0.104. The highest BCUT2D eigenvalue weighted by molar-refractivity contribution is 5.53. The van der Waals surface area contributed by atoms with E-state index in [1.807, 2.05) is 0 Å². The summed E-state index contributed by atoms with van der Waals surface area (Å²) < 4.78 is 18.4. The van der Waals surface area contributed by atoms with Crippen molar-refractivity contribution in [1.29, 1.82) is 0 Å². The van der Waals surface area contributed by atoms with E-state index in [1.165, 1.54) is 6.07 Å². The molecule has 88 valence electrons. The van der Waals surface area contributed by atoms with Gasteiger partial charge in [0, 0.05) is 13.2 Å². The highest BCUT2D eigenvalue weighted by Crippen LogP contribution is 2.22. The first kappa shape index (κ1) is 11.3. The van der Waals surface area contributed by atoms with E-state index in [2.05, 4.69) is 15.3 Å². The summed E-state index contributed by atoms with van der Waals surface area (Å²) in [6.07, 6.45) is 3.27. The van der Waals surface area contributed by atoms with Gasteiger partial charge in [0.05, 0.1) is 17.6 Å². The average molecular weight is 233 g/mol. The van der Waals surface area contributed by atoms with Crippen LogP contribution in [0.1, 0.15) is 5.69 Å². The molecule has 0 saturated carbocycles. The van der Waals surface area contributed by atoms with E-state index in [0.717, 1.165) is 5.69 Å². The van der Waals surface area contributed by atoms with Crippen LogP contribution in [0.15, 0.2) is 36.7 Å². The van der Waals surface area contributed by atoms with Crippen LogP contribution in [0.25, 0.3) is 0 Å². The molecule has 2 aromatic heterocycles. The van der Waals surface area contributed by atoms with Crippen LogP contribution in [-0.4, -0.2) is 17.0 Å². The van der Waals surface area contributed by atoms with E-state index in [9.17, 15) is 4.39 Å². The number of nitrogens with zero attached hydrogens (tertiary/aromatic N) is 2. The van der Waals surface area contributed by atoms with Crippen molar-refractivity contribution in [3.05, 3.63) is 48.3 Å². The van der Waals surface area contributed by atoms with Crippen LogP contribution in [0.3, 0.4) is 0 Å². The molecule has 0 unspecified atom stereocenters. The van der Waals surface area contributed by atoms with E-state index >= 15 is 0 Å². The van der Waals surface area contributed by atoms with Gasteiger partial charge in [0.1, 0.15) is 6.61 Å². The Labute approximate surface area is 98.5 Å². The Morgan fingerprint density at radius 3 is 3.00 bits per heavy atom. The zero-order chi connectivity index (χ0) is 12.1. The third-order valence-corrected chi connectivity index (χ3v) is 2.20. The highest BCUT2D eigenvalue weighted by Gasteiger charge is 2.03. The number of aromatic nitrogens is 2. The number of nitrogens with one attached hydrogen (secondary N) is 1. The molecule has 0 radical (unpaired) electrons. The molecule has 0 aliphatic rings. The summed E-state index contributed by atoms with van der Waals surface area (Å²) in [5, 5.41) is 2.98. The third-order valence-electron chi connectivity index (χ3n) is 2.20. The van der Waals surface area contributed by atoms with Crippen LogP contribution in [-0.2, 0) is 6.61 Å². The second-order valence-corrected chi connectivity index (χ2v) is 3.36. The van der Waals surface area contributed by atoms with Gasteiger partial charge in [-0.25, -0.2) is 4.98 Å². The van der Waals surface area contributed by atoms with Gasteiger partial charge in [0.15, 0.2) is 5.75 Å². The van der Waals surface area contributed by atoms with Gasteiger partial charge in [-0.2, -0.15) is 4.39 Å². The second-order valence-electron chi connectivity index (χ2n) is 3.36. The summed E-state index contributed by atoms with van der Waals surface area (Å²) in [6, 6.07) is 6.41.